The van der Waals surface area contributed by atoms with Gasteiger partial charge in [0.05, 0.1) is 5.75 Å². The third-order valence-electron chi connectivity index (χ3n) is 3.45. The van der Waals surface area contributed by atoms with Gasteiger partial charge in [-0.25, -0.2) is 8.42 Å². The summed E-state index contributed by atoms with van der Waals surface area (Å²) in [6.45, 7) is 7.47. The minimum absolute atomic E-state index is 0.0275. The van der Waals surface area contributed by atoms with Crippen LogP contribution in [0.25, 0.3) is 0 Å². The average Bonchev–Trinajstić information content (AvgIpc) is 2.27. The first-order valence-corrected chi connectivity index (χ1v) is 8.89. The Kier molecular flexibility index (Phi) is 5.18. The molecule has 0 spiro atoms. The molecule has 1 heterocycles. The molecule has 6 nitrogen and oxygen atoms in total. The van der Waals surface area contributed by atoms with Crippen LogP contribution in [0.3, 0.4) is 0 Å². The number of nitrogens with one attached hydrogen (secondary N) is 1. The van der Waals surface area contributed by atoms with Crippen LogP contribution in [0, 0.1) is 11.8 Å². The smallest absolute Gasteiger partial charge is 0.246 e. The van der Waals surface area contributed by atoms with Crippen LogP contribution in [0.5, 0.6) is 0 Å². The summed E-state index contributed by atoms with van der Waals surface area (Å²) in [5.41, 5.74) is 0. The fourth-order valence-electron chi connectivity index (χ4n) is 2.39. The zero-order valence-electron chi connectivity index (χ0n) is 12.7. The first-order valence-electron chi connectivity index (χ1n) is 6.83. The second-order valence-corrected chi connectivity index (χ2v) is 8.34. The number of carbonyl (C=O) groups excluding carboxylic acids is 2. The van der Waals surface area contributed by atoms with Crippen LogP contribution < -0.4 is 5.32 Å². The predicted octanol–water partition coefficient (Wildman–Crippen LogP) is 0.0386. The summed E-state index contributed by atoms with van der Waals surface area (Å²) in [6.07, 6.45) is 1.13. The van der Waals surface area contributed by atoms with Crippen LogP contribution in [-0.2, 0) is 19.4 Å². The van der Waals surface area contributed by atoms with Crippen molar-refractivity contribution < 1.29 is 18.0 Å². The molecule has 1 fully saturated rings. The highest BCUT2D eigenvalue weighted by Gasteiger charge is 2.42. The van der Waals surface area contributed by atoms with Crippen molar-refractivity contribution in [1.29, 1.82) is 0 Å². The van der Waals surface area contributed by atoms with Crippen LogP contribution in [0.1, 0.15) is 27.7 Å². The van der Waals surface area contributed by atoms with Gasteiger partial charge in [0.15, 0.2) is 0 Å². The van der Waals surface area contributed by atoms with E-state index < -0.39 is 21.9 Å². The zero-order valence-corrected chi connectivity index (χ0v) is 13.5. The molecule has 0 aromatic carbocycles. The van der Waals surface area contributed by atoms with Crippen LogP contribution in [0.4, 0.5) is 0 Å². The average molecular weight is 304 g/mol. The minimum Gasteiger partial charge on any atom is -0.342 e. The molecule has 1 rings (SSSR count). The lowest BCUT2D eigenvalue weighted by Gasteiger charge is -2.41. The van der Waals surface area contributed by atoms with E-state index in [0.717, 1.165) is 6.26 Å². The lowest BCUT2D eigenvalue weighted by Crippen LogP contribution is -2.66. The van der Waals surface area contributed by atoms with Gasteiger partial charge in [-0.3, -0.25) is 9.59 Å². The van der Waals surface area contributed by atoms with E-state index in [0.29, 0.717) is 0 Å². The minimum atomic E-state index is -3.18. The molecule has 0 bridgehead atoms. The van der Waals surface area contributed by atoms with E-state index in [1.807, 2.05) is 27.7 Å². The van der Waals surface area contributed by atoms with Gasteiger partial charge in [-0.15, -0.1) is 0 Å². The Hall–Kier alpha value is -1.11. The van der Waals surface area contributed by atoms with Crippen molar-refractivity contribution in [2.45, 2.75) is 39.8 Å². The number of hydrogen-bond donors (Lipinski definition) is 1. The Balaban J connectivity index is 3.02. The largest absolute Gasteiger partial charge is 0.342 e. The van der Waals surface area contributed by atoms with Gasteiger partial charge in [-0.05, 0) is 11.8 Å². The maximum absolute atomic E-state index is 12.5. The monoisotopic (exact) mass is 304 g/mol. The predicted molar refractivity (Wildman–Crippen MR) is 76.8 cm³/mol. The normalized spacial score (nSPS) is 24.4. The number of rotatable bonds is 5. The van der Waals surface area contributed by atoms with E-state index in [1.54, 1.807) is 0 Å². The first-order chi connectivity index (χ1) is 9.04. The molecule has 0 saturated carbocycles. The zero-order chi connectivity index (χ0) is 15.7. The lowest BCUT2D eigenvalue weighted by atomic mass is 9.93. The van der Waals surface area contributed by atoms with Gasteiger partial charge < -0.3 is 10.2 Å². The molecule has 2 unspecified atom stereocenters. The maximum atomic E-state index is 12.5. The second-order valence-electron chi connectivity index (χ2n) is 6.08. The van der Waals surface area contributed by atoms with Gasteiger partial charge in [0, 0.05) is 12.8 Å². The van der Waals surface area contributed by atoms with E-state index in [1.165, 1.54) is 4.90 Å². The molecule has 2 amide bonds. The number of piperazine rings is 1. The Bertz CT molecular complexity index is 485. The molecule has 1 aliphatic rings. The fourth-order valence-corrected chi connectivity index (χ4v) is 2.91. The number of hydrogen-bond acceptors (Lipinski definition) is 4. The van der Waals surface area contributed by atoms with Crippen molar-refractivity contribution in [3.05, 3.63) is 0 Å². The SMILES string of the molecule is CC(C)C1NC(=O)C(C(C)C)N(CCS(C)(=O)=O)C1=O. The van der Waals surface area contributed by atoms with Crippen LogP contribution in [0.2, 0.25) is 0 Å². The highest BCUT2D eigenvalue weighted by molar-refractivity contribution is 7.90. The quantitative estimate of drug-likeness (QED) is 0.777. The van der Waals surface area contributed by atoms with E-state index in [4.69, 9.17) is 0 Å². The highest BCUT2D eigenvalue weighted by Crippen LogP contribution is 2.20. The van der Waals surface area contributed by atoms with Crippen molar-refractivity contribution in [3.63, 3.8) is 0 Å². The lowest BCUT2D eigenvalue weighted by molar-refractivity contribution is -0.152. The third-order valence-corrected chi connectivity index (χ3v) is 4.38. The molecule has 2 atom stereocenters. The van der Waals surface area contributed by atoms with Gasteiger partial charge in [0.1, 0.15) is 21.9 Å². The van der Waals surface area contributed by atoms with Crippen LogP contribution in [0.15, 0.2) is 0 Å². The molecule has 0 aromatic heterocycles. The summed E-state index contributed by atoms with van der Waals surface area (Å²) in [7, 11) is -3.18. The molecule has 7 heteroatoms. The fraction of sp³-hybridized carbons (Fsp3) is 0.846. The number of nitrogens with zero attached hydrogens (tertiary/aromatic N) is 1. The summed E-state index contributed by atoms with van der Waals surface area (Å²) in [5, 5.41) is 2.74. The van der Waals surface area contributed by atoms with Crippen molar-refractivity contribution >= 4 is 21.7 Å². The molecule has 0 aliphatic carbocycles. The Morgan fingerprint density at radius 3 is 2.10 bits per heavy atom. The summed E-state index contributed by atoms with van der Waals surface area (Å²) in [5.74, 6) is -0.610. The topological polar surface area (TPSA) is 83.6 Å². The van der Waals surface area contributed by atoms with Crippen LogP contribution >= 0.6 is 0 Å². The second kappa shape index (κ2) is 6.11. The summed E-state index contributed by atoms with van der Waals surface area (Å²) >= 11 is 0. The number of sulfone groups is 1. The Morgan fingerprint density at radius 2 is 1.70 bits per heavy atom. The van der Waals surface area contributed by atoms with E-state index in [2.05, 4.69) is 5.32 Å². The van der Waals surface area contributed by atoms with Gasteiger partial charge in [-0.2, -0.15) is 0 Å². The molecule has 0 radical (unpaired) electrons. The van der Waals surface area contributed by atoms with Crippen molar-refractivity contribution in [2.75, 3.05) is 18.6 Å². The van der Waals surface area contributed by atoms with Crippen LogP contribution in [-0.4, -0.2) is 55.8 Å². The number of amides is 2. The molecule has 1 N–H and O–H groups in total. The van der Waals surface area contributed by atoms with Crippen molar-refractivity contribution in [3.8, 4) is 0 Å². The van der Waals surface area contributed by atoms with Gasteiger partial charge >= 0.3 is 0 Å². The molecule has 1 aliphatic heterocycles. The van der Waals surface area contributed by atoms with Crippen molar-refractivity contribution in [2.24, 2.45) is 11.8 Å². The molecular weight excluding hydrogens is 280 g/mol. The van der Waals surface area contributed by atoms with E-state index in [9.17, 15) is 18.0 Å². The van der Waals surface area contributed by atoms with Crippen molar-refractivity contribution in [1.82, 2.24) is 10.2 Å². The molecular formula is C13H24N2O4S. The number of carbonyl (C=O) groups is 2. The molecule has 116 valence electrons. The molecule has 0 aromatic rings. The van der Waals surface area contributed by atoms with E-state index >= 15 is 0 Å². The van der Waals surface area contributed by atoms with Gasteiger partial charge in [0.2, 0.25) is 11.8 Å². The van der Waals surface area contributed by atoms with Gasteiger partial charge in [0.25, 0.3) is 0 Å². The molecule has 20 heavy (non-hydrogen) atoms. The van der Waals surface area contributed by atoms with Gasteiger partial charge in [-0.1, -0.05) is 27.7 Å². The Labute approximate surface area is 120 Å². The highest BCUT2D eigenvalue weighted by atomic mass is 32.2. The summed E-state index contributed by atoms with van der Waals surface area (Å²) in [6, 6.07) is -1.17. The summed E-state index contributed by atoms with van der Waals surface area (Å²) in [4.78, 5) is 26.1. The third kappa shape index (κ3) is 3.94. The Morgan fingerprint density at radius 1 is 1.15 bits per heavy atom. The standard InChI is InChI=1S/C13H24N2O4S/c1-8(2)10-13(17)15(6-7-20(5,18)19)11(9(3)4)12(16)14-10/h8-11H,6-7H2,1-5H3,(H,14,16). The summed E-state index contributed by atoms with van der Waals surface area (Å²) < 4.78 is 22.6. The molecule has 1 saturated heterocycles. The van der Waals surface area contributed by atoms with E-state index in [-0.39, 0.29) is 35.9 Å². The first kappa shape index (κ1) is 16.9. The maximum Gasteiger partial charge on any atom is 0.246 e.